The van der Waals surface area contributed by atoms with Gasteiger partial charge in [0.2, 0.25) is 0 Å². The second-order valence-electron chi connectivity index (χ2n) is 4.82. The summed E-state index contributed by atoms with van der Waals surface area (Å²) in [6, 6.07) is 0. The number of rotatable bonds is 3. The summed E-state index contributed by atoms with van der Waals surface area (Å²) in [6.07, 6.45) is 9.01. The number of hydrogen-bond donors (Lipinski definition) is 0. The maximum atomic E-state index is 12.9. The highest BCUT2D eigenvalue weighted by molar-refractivity contribution is 4.99. The largest absolute Gasteiger partial charge is 0.352 e. The lowest BCUT2D eigenvalue weighted by atomic mass is 9.92. The zero-order chi connectivity index (χ0) is 12.1. The van der Waals surface area contributed by atoms with Crippen LogP contribution in [0.25, 0.3) is 0 Å². The smallest absolute Gasteiger partial charge is 0.160 e. The average Bonchev–Trinajstić information content (AvgIpc) is 2.38. The third-order valence-corrected chi connectivity index (χ3v) is 3.37. The first-order chi connectivity index (χ1) is 8.29. The first-order valence-electron chi connectivity index (χ1n) is 6.54. The van der Waals surface area contributed by atoms with E-state index in [9.17, 15) is 4.39 Å². The van der Waals surface area contributed by atoms with E-state index in [0.29, 0.717) is 18.3 Å². The summed E-state index contributed by atoms with van der Waals surface area (Å²) >= 11 is 0. The summed E-state index contributed by atoms with van der Waals surface area (Å²) in [5.41, 5.74) is 0. The Labute approximate surface area is 102 Å². The SMILES string of the molecule is CC/C=C/C1COC(C2CC=C(F)CC2)OC1. The molecular weight excluding hydrogens is 219 g/mol. The van der Waals surface area contributed by atoms with Gasteiger partial charge in [-0.2, -0.15) is 0 Å². The van der Waals surface area contributed by atoms with Crippen LogP contribution in [0.15, 0.2) is 24.1 Å². The monoisotopic (exact) mass is 240 g/mol. The van der Waals surface area contributed by atoms with Gasteiger partial charge in [0.25, 0.3) is 0 Å². The summed E-state index contributed by atoms with van der Waals surface area (Å²) in [7, 11) is 0. The Morgan fingerprint density at radius 3 is 2.76 bits per heavy atom. The normalized spacial score (nSPS) is 34.9. The zero-order valence-corrected chi connectivity index (χ0v) is 10.4. The predicted octanol–water partition coefficient (Wildman–Crippen LogP) is 3.60. The molecule has 1 heterocycles. The van der Waals surface area contributed by atoms with Gasteiger partial charge in [-0.05, 0) is 25.7 Å². The molecule has 0 aromatic carbocycles. The Bertz CT molecular complexity index is 291. The molecule has 0 amide bonds. The van der Waals surface area contributed by atoms with Crippen molar-refractivity contribution in [2.45, 2.75) is 38.9 Å². The molecule has 1 aliphatic heterocycles. The fourth-order valence-corrected chi connectivity index (χ4v) is 2.31. The average molecular weight is 240 g/mol. The van der Waals surface area contributed by atoms with Crippen molar-refractivity contribution in [2.24, 2.45) is 11.8 Å². The minimum atomic E-state index is -0.134. The van der Waals surface area contributed by atoms with Crippen LogP contribution in [0, 0.1) is 11.8 Å². The molecule has 0 spiro atoms. The van der Waals surface area contributed by atoms with Gasteiger partial charge in [-0.25, -0.2) is 4.39 Å². The van der Waals surface area contributed by atoms with Crippen LogP contribution in [0.4, 0.5) is 4.39 Å². The van der Waals surface area contributed by atoms with Crippen LogP contribution in [0.3, 0.4) is 0 Å². The van der Waals surface area contributed by atoms with E-state index in [1.807, 2.05) is 0 Å². The molecule has 3 heteroatoms. The first kappa shape index (κ1) is 12.8. The molecule has 0 aromatic heterocycles. The topological polar surface area (TPSA) is 18.5 Å². The molecule has 17 heavy (non-hydrogen) atoms. The lowest BCUT2D eigenvalue weighted by molar-refractivity contribution is -0.219. The number of allylic oxidation sites excluding steroid dienone is 3. The van der Waals surface area contributed by atoms with Crippen LogP contribution in [0.1, 0.15) is 32.6 Å². The van der Waals surface area contributed by atoms with Gasteiger partial charge >= 0.3 is 0 Å². The Kier molecular flexibility index (Phi) is 4.75. The quantitative estimate of drug-likeness (QED) is 0.702. The molecule has 0 saturated carbocycles. The van der Waals surface area contributed by atoms with Crippen molar-refractivity contribution >= 4 is 0 Å². The van der Waals surface area contributed by atoms with Crippen molar-refractivity contribution < 1.29 is 13.9 Å². The fourth-order valence-electron chi connectivity index (χ4n) is 2.31. The van der Waals surface area contributed by atoms with Crippen molar-refractivity contribution in [1.82, 2.24) is 0 Å². The number of ether oxygens (including phenoxy) is 2. The van der Waals surface area contributed by atoms with Crippen molar-refractivity contribution in [3.05, 3.63) is 24.1 Å². The third kappa shape index (κ3) is 3.65. The van der Waals surface area contributed by atoms with Crippen molar-refractivity contribution in [1.29, 1.82) is 0 Å². The van der Waals surface area contributed by atoms with Gasteiger partial charge in [0.05, 0.1) is 19.0 Å². The van der Waals surface area contributed by atoms with E-state index in [4.69, 9.17) is 9.47 Å². The summed E-state index contributed by atoms with van der Waals surface area (Å²) in [5, 5.41) is 0. The van der Waals surface area contributed by atoms with Crippen molar-refractivity contribution in [3.63, 3.8) is 0 Å². The first-order valence-corrected chi connectivity index (χ1v) is 6.54. The van der Waals surface area contributed by atoms with Gasteiger partial charge in [0.15, 0.2) is 6.29 Å². The highest BCUT2D eigenvalue weighted by Gasteiger charge is 2.29. The van der Waals surface area contributed by atoms with Crippen LogP contribution in [0.2, 0.25) is 0 Å². The standard InChI is InChI=1S/C14H21FO2/c1-2-3-4-11-9-16-14(17-10-11)12-5-7-13(15)8-6-12/h3-4,7,11-12,14H,2,5-6,8-10H2,1H3/b4-3+. The maximum Gasteiger partial charge on any atom is 0.160 e. The molecule has 96 valence electrons. The van der Waals surface area contributed by atoms with Crippen LogP contribution in [-0.4, -0.2) is 19.5 Å². The summed E-state index contributed by atoms with van der Waals surface area (Å²) in [6.45, 7) is 3.57. The van der Waals surface area contributed by atoms with Crippen LogP contribution < -0.4 is 0 Å². The van der Waals surface area contributed by atoms with Crippen LogP contribution in [0.5, 0.6) is 0 Å². The molecule has 2 aliphatic rings. The number of halogens is 1. The molecule has 2 rings (SSSR count). The zero-order valence-electron chi connectivity index (χ0n) is 10.4. The van der Waals surface area contributed by atoms with Crippen molar-refractivity contribution in [3.8, 4) is 0 Å². The van der Waals surface area contributed by atoms with E-state index in [-0.39, 0.29) is 12.1 Å². The Hall–Kier alpha value is -0.670. The molecule has 0 bridgehead atoms. The van der Waals surface area contributed by atoms with E-state index >= 15 is 0 Å². The van der Waals surface area contributed by atoms with E-state index < -0.39 is 0 Å². The molecular formula is C14H21FO2. The Balaban J connectivity index is 1.77. The summed E-state index contributed by atoms with van der Waals surface area (Å²) < 4.78 is 24.4. The molecule has 0 aromatic rings. The van der Waals surface area contributed by atoms with Gasteiger partial charge in [0, 0.05) is 11.8 Å². The molecule has 0 radical (unpaired) electrons. The fraction of sp³-hybridized carbons (Fsp3) is 0.714. The summed E-state index contributed by atoms with van der Waals surface area (Å²) in [5.74, 6) is 0.716. The van der Waals surface area contributed by atoms with Gasteiger partial charge in [-0.3, -0.25) is 0 Å². The maximum absolute atomic E-state index is 12.9. The van der Waals surface area contributed by atoms with Crippen LogP contribution in [-0.2, 0) is 9.47 Å². The van der Waals surface area contributed by atoms with E-state index in [1.54, 1.807) is 6.08 Å². The second kappa shape index (κ2) is 6.31. The summed E-state index contributed by atoms with van der Waals surface area (Å²) in [4.78, 5) is 0. The molecule has 1 saturated heterocycles. The van der Waals surface area contributed by atoms with E-state index in [2.05, 4.69) is 19.1 Å². The Morgan fingerprint density at radius 1 is 1.41 bits per heavy atom. The van der Waals surface area contributed by atoms with Crippen molar-refractivity contribution in [2.75, 3.05) is 13.2 Å². The second-order valence-corrected chi connectivity index (χ2v) is 4.82. The number of hydrogen-bond acceptors (Lipinski definition) is 2. The molecule has 1 unspecified atom stereocenters. The minimum absolute atomic E-state index is 0.0146. The van der Waals surface area contributed by atoms with Gasteiger partial charge < -0.3 is 9.47 Å². The van der Waals surface area contributed by atoms with Gasteiger partial charge in [0.1, 0.15) is 0 Å². The predicted molar refractivity (Wildman–Crippen MR) is 65.1 cm³/mol. The molecule has 1 atom stereocenters. The lowest BCUT2D eigenvalue weighted by Gasteiger charge is -2.34. The van der Waals surface area contributed by atoms with E-state index in [1.165, 1.54) is 0 Å². The molecule has 2 nitrogen and oxygen atoms in total. The highest BCUT2D eigenvalue weighted by atomic mass is 19.1. The highest BCUT2D eigenvalue weighted by Crippen LogP contribution is 2.30. The minimum Gasteiger partial charge on any atom is -0.352 e. The Morgan fingerprint density at radius 2 is 2.18 bits per heavy atom. The third-order valence-electron chi connectivity index (χ3n) is 3.37. The van der Waals surface area contributed by atoms with Crippen LogP contribution >= 0.6 is 0 Å². The molecule has 0 N–H and O–H groups in total. The van der Waals surface area contributed by atoms with Gasteiger partial charge in [-0.1, -0.05) is 25.2 Å². The molecule has 1 aliphatic carbocycles. The molecule has 1 fully saturated rings. The van der Waals surface area contributed by atoms with E-state index in [0.717, 1.165) is 32.5 Å². The lowest BCUT2D eigenvalue weighted by Crippen LogP contribution is -2.36. The van der Waals surface area contributed by atoms with Gasteiger partial charge in [-0.15, -0.1) is 0 Å².